The zero-order chi connectivity index (χ0) is 19.6. The van der Waals surface area contributed by atoms with Crippen molar-refractivity contribution >= 4 is 45.2 Å². The minimum Gasteiger partial charge on any atom is -0.489 e. The molecule has 29 heavy (non-hydrogen) atoms. The first kappa shape index (κ1) is 18.4. The molecule has 0 spiro atoms. The molecule has 0 saturated heterocycles. The molecule has 0 aliphatic carbocycles. The van der Waals surface area contributed by atoms with Crippen LogP contribution in [0.4, 0.5) is 0 Å². The molecule has 0 aliphatic rings. The highest BCUT2D eigenvalue weighted by Crippen LogP contribution is 2.35. The van der Waals surface area contributed by atoms with Crippen molar-refractivity contribution in [2.24, 2.45) is 0 Å². The third-order valence-electron chi connectivity index (χ3n) is 4.63. The molecule has 6 heteroatoms. The highest BCUT2D eigenvalue weighted by atomic mass is 35.5. The number of thiazole rings is 1. The van der Waals surface area contributed by atoms with Gasteiger partial charge in [0.05, 0.1) is 10.6 Å². The lowest BCUT2D eigenvalue weighted by Crippen LogP contribution is -1.98. The lowest BCUT2D eigenvalue weighted by atomic mass is 10.1. The van der Waals surface area contributed by atoms with E-state index in [1.165, 1.54) is 0 Å². The zero-order valence-electron chi connectivity index (χ0n) is 15.3. The Morgan fingerprint density at radius 3 is 2.69 bits per heavy atom. The van der Waals surface area contributed by atoms with E-state index in [9.17, 15) is 0 Å². The summed E-state index contributed by atoms with van der Waals surface area (Å²) in [6, 6.07) is 20.1. The zero-order valence-corrected chi connectivity index (χ0v) is 17.7. The Kier molecular flexibility index (Phi) is 5.10. The maximum atomic E-state index is 6.02. The quantitative estimate of drug-likeness (QED) is 0.256. The van der Waals surface area contributed by atoms with Crippen LogP contribution >= 0.6 is 34.3 Å². The predicted molar refractivity (Wildman–Crippen MR) is 121 cm³/mol. The van der Waals surface area contributed by atoms with Crippen molar-refractivity contribution in [3.05, 3.63) is 82.6 Å². The molecule has 0 radical (unpaired) electrons. The number of benzene rings is 2. The molecular formula is C23H16ClNO2S2. The largest absolute Gasteiger partial charge is 0.489 e. The van der Waals surface area contributed by atoms with E-state index in [0.717, 1.165) is 49.2 Å². The van der Waals surface area contributed by atoms with E-state index in [1.54, 1.807) is 22.7 Å². The van der Waals surface area contributed by atoms with Crippen molar-refractivity contribution in [3.8, 4) is 27.1 Å². The third-order valence-corrected chi connectivity index (χ3v) is 6.67. The van der Waals surface area contributed by atoms with E-state index in [-0.39, 0.29) is 0 Å². The molecule has 0 atom stereocenters. The van der Waals surface area contributed by atoms with Gasteiger partial charge >= 0.3 is 0 Å². The number of thiophene rings is 1. The molecule has 3 aromatic heterocycles. The second-order valence-electron chi connectivity index (χ2n) is 6.52. The molecule has 0 aliphatic heterocycles. The van der Waals surface area contributed by atoms with Crippen LogP contribution in [0.3, 0.4) is 0 Å². The van der Waals surface area contributed by atoms with Crippen LogP contribution in [0.25, 0.3) is 32.3 Å². The summed E-state index contributed by atoms with van der Waals surface area (Å²) < 4.78 is 12.0. The summed E-state index contributed by atoms with van der Waals surface area (Å²) in [5.74, 6) is 2.05. The van der Waals surface area contributed by atoms with E-state index in [2.05, 4.69) is 16.8 Å². The molecule has 0 amide bonds. The van der Waals surface area contributed by atoms with Crippen LogP contribution in [0.2, 0.25) is 0 Å². The summed E-state index contributed by atoms with van der Waals surface area (Å²) in [7, 11) is 0. The Balaban J connectivity index is 1.37. The molecule has 3 heterocycles. The van der Waals surface area contributed by atoms with Gasteiger partial charge in [0.2, 0.25) is 0 Å². The number of halogens is 1. The predicted octanol–water partition coefficient (Wildman–Crippen LogP) is 7.60. The van der Waals surface area contributed by atoms with Crippen LogP contribution in [0.1, 0.15) is 11.1 Å². The number of rotatable bonds is 6. The van der Waals surface area contributed by atoms with Gasteiger partial charge in [0.25, 0.3) is 0 Å². The summed E-state index contributed by atoms with van der Waals surface area (Å²) in [5, 5.41) is 6.00. The first-order chi connectivity index (χ1) is 14.3. The summed E-state index contributed by atoms with van der Waals surface area (Å²) in [5.41, 5.74) is 3.99. The van der Waals surface area contributed by atoms with Gasteiger partial charge in [0.1, 0.15) is 17.9 Å². The van der Waals surface area contributed by atoms with Crippen molar-refractivity contribution in [1.82, 2.24) is 4.98 Å². The number of furan rings is 1. The molecule has 3 nitrogen and oxygen atoms in total. The average Bonchev–Trinajstić information content (AvgIpc) is 3.51. The van der Waals surface area contributed by atoms with Crippen molar-refractivity contribution in [1.29, 1.82) is 0 Å². The Hall–Kier alpha value is -2.60. The number of aromatic nitrogens is 1. The number of nitrogens with zero attached hydrogens (tertiary/aromatic N) is 1. The lowest BCUT2D eigenvalue weighted by molar-refractivity contribution is 0.305. The fourth-order valence-corrected chi connectivity index (χ4v) is 4.92. The number of ether oxygens (including phenoxy) is 1. The van der Waals surface area contributed by atoms with Crippen LogP contribution in [0.5, 0.6) is 5.75 Å². The van der Waals surface area contributed by atoms with Crippen LogP contribution < -0.4 is 4.74 Å². The number of fused-ring (bicyclic) bond motifs is 1. The molecule has 2 aromatic carbocycles. The maximum Gasteiger partial charge on any atom is 0.164 e. The number of alkyl halides is 1. The number of hydrogen-bond donors (Lipinski definition) is 0. The van der Waals surface area contributed by atoms with Gasteiger partial charge in [-0.3, -0.25) is 0 Å². The first-order valence-electron chi connectivity index (χ1n) is 9.09. The molecule has 5 aromatic rings. The van der Waals surface area contributed by atoms with E-state index in [0.29, 0.717) is 12.5 Å². The van der Waals surface area contributed by atoms with Gasteiger partial charge in [-0.25, -0.2) is 4.98 Å². The fraction of sp³-hybridized carbons (Fsp3) is 0.0870. The normalized spacial score (nSPS) is 11.2. The summed E-state index contributed by atoms with van der Waals surface area (Å²) in [4.78, 5) is 5.89. The van der Waals surface area contributed by atoms with E-state index < -0.39 is 0 Å². The third kappa shape index (κ3) is 3.81. The molecule has 5 rings (SSSR count). The molecule has 0 bridgehead atoms. The Morgan fingerprint density at radius 2 is 1.86 bits per heavy atom. The minimum atomic E-state index is 0.477. The minimum absolute atomic E-state index is 0.477. The summed E-state index contributed by atoms with van der Waals surface area (Å²) in [6.45, 7) is 0.482. The van der Waals surface area contributed by atoms with Gasteiger partial charge in [0, 0.05) is 16.6 Å². The van der Waals surface area contributed by atoms with Crippen LogP contribution in [0.15, 0.2) is 75.8 Å². The molecule has 0 unspecified atom stereocenters. The van der Waals surface area contributed by atoms with Gasteiger partial charge in [-0.2, -0.15) is 0 Å². The van der Waals surface area contributed by atoms with Crippen LogP contribution in [-0.4, -0.2) is 4.98 Å². The second kappa shape index (κ2) is 8.03. The monoisotopic (exact) mass is 437 g/mol. The first-order valence-corrected chi connectivity index (χ1v) is 11.4. The standard InChI is InChI=1S/C23H16ClNO2S2/c24-12-15-4-1-2-5-16(15)13-26-18-7-8-20-17(10-18)11-21(27-20)23-25-19(14-29-23)22-6-3-9-28-22/h1-11,14H,12-13H2. The number of hydrogen-bond acceptors (Lipinski definition) is 5. The van der Waals surface area contributed by atoms with Gasteiger partial charge in [-0.1, -0.05) is 30.3 Å². The van der Waals surface area contributed by atoms with E-state index in [1.807, 2.05) is 54.6 Å². The molecular weight excluding hydrogens is 422 g/mol. The Bertz CT molecular complexity index is 1260. The summed E-state index contributed by atoms with van der Waals surface area (Å²) >= 11 is 9.29. The van der Waals surface area contributed by atoms with E-state index in [4.69, 9.17) is 25.7 Å². The maximum absolute atomic E-state index is 6.02. The Labute approximate surface area is 181 Å². The van der Waals surface area contributed by atoms with Gasteiger partial charge in [0.15, 0.2) is 10.8 Å². The van der Waals surface area contributed by atoms with Crippen molar-refractivity contribution in [3.63, 3.8) is 0 Å². The SMILES string of the molecule is ClCc1ccccc1COc1ccc2oc(-c3nc(-c4cccs4)cs3)cc2c1. The molecule has 0 N–H and O–H groups in total. The smallest absolute Gasteiger partial charge is 0.164 e. The van der Waals surface area contributed by atoms with Gasteiger partial charge < -0.3 is 9.15 Å². The van der Waals surface area contributed by atoms with Gasteiger partial charge in [-0.05, 0) is 46.8 Å². The highest BCUT2D eigenvalue weighted by molar-refractivity contribution is 7.15. The van der Waals surface area contributed by atoms with Crippen LogP contribution in [0, 0.1) is 0 Å². The van der Waals surface area contributed by atoms with Crippen molar-refractivity contribution in [2.45, 2.75) is 12.5 Å². The van der Waals surface area contributed by atoms with Gasteiger partial charge in [-0.15, -0.1) is 34.3 Å². The van der Waals surface area contributed by atoms with E-state index >= 15 is 0 Å². The fourth-order valence-electron chi connectivity index (χ4n) is 3.13. The second-order valence-corrected chi connectivity index (χ2v) is 8.59. The Morgan fingerprint density at radius 1 is 0.966 bits per heavy atom. The lowest BCUT2D eigenvalue weighted by Gasteiger charge is -2.09. The molecule has 144 valence electrons. The van der Waals surface area contributed by atoms with Crippen LogP contribution in [-0.2, 0) is 12.5 Å². The van der Waals surface area contributed by atoms with Crippen molar-refractivity contribution < 1.29 is 9.15 Å². The average molecular weight is 438 g/mol. The topological polar surface area (TPSA) is 35.3 Å². The van der Waals surface area contributed by atoms with Crippen molar-refractivity contribution in [2.75, 3.05) is 0 Å². The summed E-state index contributed by atoms with van der Waals surface area (Å²) in [6.07, 6.45) is 0. The highest BCUT2D eigenvalue weighted by Gasteiger charge is 2.13. The molecule has 0 saturated carbocycles. The molecule has 0 fully saturated rings.